The van der Waals surface area contributed by atoms with E-state index >= 15 is 0 Å². The summed E-state index contributed by atoms with van der Waals surface area (Å²) in [5, 5.41) is 15.9. The fraction of sp³-hybridized carbons (Fsp3) is 0.611. The van der Waals surface area contributed by atoms with Crippen LogP contribution < -0.4 is 15.5 Å². The predicted octanol–water partition coefficient (Wildman–Crippen LogP) is 2.36. The third-order valence-electron chi connectivity index (χ3n) is 4.71. The SMILES string of the molecule is CCC(CC)C(O)CNC(=O)NC1CCN(c2ccccc2)C1. The molecule has 0 spiro atoms. The smallest absolute Gasteiger partial charge is 0.315 e. The van der Waals surface area contributed by atoms with Crippen LogP contribution in [0.3, 0.4) is 0 Å². The van der Waals surface area contributed by atoms with Crippen LogP contribution in [0.5, 0.6) is 0 Å². The molecule has 0 saturated carbocycles. The summed E-state index contributed by atoms with van der Waals surface area (Å²) in [7, 11) is 0. The van der Waals surface area contributed by atoms with Gasteiger partial charge in [-0.25, -0.2) is 4.79 Å². The monoisotopic (exact) mass is 319 g/mol. The second-order valence-electron chi connectivity index (χ2n) is 6.27. The first-order valence-corrected chi connectivity index (χ1v) is 8.66. The van der Waals surface area contributed by atoms with E-state index in [4.69, 9.17) is 0 Å². The third-order valence-corrected chi connectivity index (χ3v) is 4.71. The van der Waals surface area contributed by atoms with E-state index in [1.54, 1.807) is 0 Å². The van der Waals surface area contributed by atoms with Gasteiger partial charge < -0.3 is 20.6 Å². The van der Waals surface area contributed by atoms with E-state index in [1.165, 1.54) is 5.69 Å². The summed E-state index contributed by atoms with van der Waals surface area (Å²) in [6.07, 6.45) is 2.32. The number of urea groups is 1. The van der Waals surface area contributed by atoms with Crippen molar-refractivity contribution in [3.8, 4) is 0 Å². The highest BCUT2D eigenvalue weighted by Crippen LogP contribution is 2.19. The number of carbonyl (C=O) groups excluding carboxylic acids is 1. The molecule has 1 fully saturated rings. The van der Waals surface area contributed by atoms with E-state index in [0.717, 1.165) is 32.4 Å². The van der Waals surface area contributed by atoms with Crippen LogP contribution in [0.1, 0.15) is 33.1 Å². The minimum absolute atomic E-state index is 0.153. The number of rotatable bonds is 7. The third kappa shape index (κ3) is 5.13. The standard InChI is InChI=1S/C18H29N3O2/c1-3-14(4-2)17(22)12-19-18(23)20-15-10-11-21(13-15)16-8-6-5-7-9-16/h5-9,14-15,17,22H,3-4,10-13H2,1-2H3,(H2,19,20,23). The molecule has 3 N–H and O–H groups in total. The molecular formula is C18H29N3O2. The fourth-order valence-electron chi connectivity index (χ4n) is 3.18. The Kier molecular flexibility index (Phi) is 6.71. The zero-order valence-corrected chi connectivity index (χ0v) is 14.2. The van der Waals surface area contributed by atoms with Gasteiger partial charge in [-0.15, -0.1) is 0 Å². The minimum atomic E-state index is -0.472. The van der Waals surface area contributed by atoms with Gasteiger partial charge in [-0.05, 0) is 24.5 Å². The topological polar surface area (TPSA) is 64.6 Å². The highest BCUT2D eigenvalue weighted by Gasteiger charge is 2.24. The van der Waals surface area contributed by atoms with E-state index < -0.39 is 6.10 Å². The van der Waals surface area contributed by atoms with Crippen molar-refractivity contribution in [2.75, 3.05) is 24.5 Å². The number of nitrogens with one attached hydrogen (secondary N) is 2. The first-order chi connectivity index (χ1) is 11.1. The highest BCUT2D eigenvalue weighted by atomic mass is 16.3. The van der Waals surface area contributed by atoms with E-state index in [-0.39, 0.29) is 18.0 Å². The van der Waals surface area contributed by atoms with Crippen LogP contribution in [0.25, 0.3) is 0 Å². The maximum Gasteiger partial charge on any atom is 0.315 e. The lowest BCUT2D eigenvalue weighted by Crippen LogP contribution is -2.46. The molecule has 0 radical (unpaired) electrons. The van der Waals surface area contributed by atoms with Crippen LogP contribution in [-0.4, -0.2) is 42.9 Å². The average Bonchev–Trinajstić information content (AvgIpc) is 3.03. The molecule has 2 rings (SSSR count). The number of aliphatic hydroxyl groups excluding tert-OH is 1. The normalized spacial score (nSPS) is 19.0. The molecule has 2 amide bonds. The number of amides is 2. The van der Waals surface area contributed by atoms with Crippen molar-refractivity contribution in [1.29, 1.82) is 0 Å². The van der Waals surface area contributed by atoms with Crippen molar-refractivity contribution >= 4 is 11.7 Å². The van der Waals surface area contributed by atoms with Gasteiger partial charge in [0, 0.05) is 31.4 Å². The Labute approximate surface area is 139 Å². The lowest BCUT2D eigenvalue weighted by atomic mass is 9.97. The zero-order chi connectivity index (χ0) is 16.7. The van der Waals surface area contributed by atoms with Gasteiger partial charge in [0.1, 0.15) is 0 Å². The molecule has 1 saturated heterocycles. The molecule has 1 heterocycles. The minimum Gasteiger partial charge on any atom is -0.391 e. The Balaban J connectivity index is 1.72. The molecule has 1 aromatic rings. The van der Waals surface area contributed by atoms with Crippen LogP contribution in [0.15, 0.2) is 30.3 Å². The molecule has 1 aliphatic heterocycles. The quantitative estimate of drug-likeness (QED) is 0.723. The maximum atomic E-state index is 12.0. The molecule has 2 atom stereocenters. The molecule has 0 bridgehead atoms. The molecule has 5 nitrogen and oxygen atoms in total. The van der Waals surface area contributed by atoms with Crippen molar-refractivity contribution < 1.29 is 9.90 Å². The summed E-state index contributed by atoms with van der Waals surface area (Å²) in [6.45, 7) is 6.22. The first-order valence-electron chi connectivity index (χ1n) is 8.66. The van der Waals surface area contributed by atoms with Gasteiger partial charge in [-0.2, -0.15) is 0 Å². The number of aliphatic hydroxyl groups is 1. The van der Waals surface area contributed by atoms with Gasteiger partial charge in [0.2, 0.25) is 0 Å². The van der Waals surface area contributed by atoms with Crippen LogP contribution in [0.4, 0.5) is 10.5 Å². The van der Waals surface area contributed by atoms with Crippen molar-refractivity contribution in [1.82, 2.24) is 10.6 Å². The van der Waals surface area contributed by atoms with Gasteiger partial charge in [-0.3, -0.25) is 0 Å². The second-order valence-corrected chi connectivity index (χ2v) is 6.27. The van der Waals surface area contributed by atoms with E-state index in [9.17, 15) is 9.90 Å². The van der Waals surface area contributed by atoms with Crippen LogP contribution in [0, 0.1) is 5.92 Å². The average molecular weight is 319 g/mol. The summed E-state index contributed by atoms with van der Waals surface area (Å²) >= 11 is 0. The van der Waals surface area contributed by atoms with Gasteiger partial charge in [0.15, 0.2) is 0 Å². The van der Waals surface area contributed by atoms with Gasteiger partial charge in [0.25, 0.3) is 0 Å². The zero-order valence-electron chi connectivity index (χ0n) is 14.2. The molecular weight excluding hydrogens is 290 g/mol. The van der Waals surface area contributed by atoms with Crippen molar-refractivity contribution in [3.63, 3.8) is 0 Å². The number of nitrogens with zero attached hydrogens (tertiary/aromatic N) is 1. The molecule has 1 aromatic carbocycles. The summed E-state index contributed by atoms with van der Waals surface area (Å²) in [5.74, 6) is 0.246. The number of carbonyl (C=O) groups is 1. The number of para-hydroxylation sites is 1. The Morgan fingerprint density at radius 2 is 2.00 bits per heavy atom. The summed E-state index contributed by atoms with van der Waals surface area (Å²) in [6, 6.07) is 10.2. The molecule has 2 unspecified atom stereocenters. The lowest BCUT2D eigenvalue weighted by molar-refractivity contribution is 0.103. The van der Waals surface area contributed by atoms with E-state index in [1.807, 2.05) is 18.2 Å². The Hall–Kier alpha value is -1.75. The Morgan fingerprint density at radius 1 is 1.30 bits per heavy atom. The predicted molar refractivity (Wildman–Crippen MR) is 93.7 cm³/mol. The highest BCUT2D eigenvalue weighted by molar-refractivity contribution is 5.74. The van der Waals surface area contributed by atoms with E-state index in [2.05, 4.69) is 41.5 Å². The Morgan fingerprint density at radius 3 is 2.65 bits per heavy atom. The Bertz CT molecular complexity index is 476. The number of benzene rings is 1. The molecule has 23 heavy (non-hydrogen) atoms. The summed E-state index contributed by atoms with van der Waals surface area (Å²) in [4.78, 5) is 14.3. The van der Waals surface area contributed by atoms with Gasteiger partial charge in [0.05, 0.1) is 6.10 Å². The summed E-state index contributed by atoms with van der Waals surface area (Å²) in [5.41, 5.74) is 1.20. The molecule has 1 aliphatic rings. The molecule has 0 aromatic heterocycles. The number of anilines is 1. The van der Waals surface area contributed by atoms with Crippen molar-refractivity contribution in [3.05, 3.63) is 30.3 Å². The van der Waals surface area contributed by atoms with Crippen LogP contribution >= 0.6 is 0 Å². The van der Waals surface area contributed by atoms with Crippen molar-refractivity contribution in [2.45, 2.75) is 45.3 Å². The second kappa shape index (κ2) is 8.77. The van der Waals surface area contributed by atoms with Crippen molar-refractivity contribution in [2.24, 2.45) is 5.92 Å². The number of hydrogen-bond acceptors (Lipinski definition) is 3. The van der Waals surface area contributed by atoms with Gasteiger partial charge in [-0.1, -0.05) is 44.9 Å². The number of hydrogen-bond donors (Lipinski definition) is 3. The van der Waals surface area contributed by atoms with E-state index in [0.29, 0.717) is 6.54 Å². The lowest BCUT2D eigenvalue weighted by Gasteiger charge is -2.21. The molecule has 5 heteroatoms. The van der Waals surface area contributed by atoms with Crippen LogP contribution in [0.2, 0.25) is 0 Å². The van der Waals surface area contributed by atoms with Crippen LogP contribution in [-0.2, 0) is 0 Å². The first kappa shape index (κ1) is 17.6. The van der Waals surface area contributed by atoms with Gasteiger partial charge >= 0.3 is 6.03 Å². The molecule has 0 aliphatic carbocycles. The fourth-order valence-corrected chi connectivity index (χ4v) is 3.18. The summed E-state index contributed by atoms with van der Waals surface area (Å²) < 4.78 is 0. The maximum absolute atomic E-state index is 12.0. The largest absolute Gasteiger partial charge is 0.391 e. The molecule has 128 valence electrons.